The highest BCUT2D eigenvalue weighted by molar-refractivity contribution is 5.73. The van der Waals surface area contributed by atoms with E-state index in [1.54, 1.807) is 13.3 Å². The first kappa shape index (κ1) is 15.3. The second kappa shape index (κ2) is 6.02. The smallest absolute Gasteiger partial charge is 0.222 e. The van der Waals surface area contributed by atoms with E-state index < -0.39 is 0 Å². The van der Waals surface area contributed by atoms with Gasteiger partial charge in [-0.1, -0.05) is 6.07 Å². The van der Waals surface area contributed by atoms with Crippen LogP contribution in [0.4, 0.5) is 0 Å². The van der Waals surface area contributed by atoms with Crippen LogP contribution in [-0.2, 0) is 0 Å². The monoisotopic (exact) mass is 330 g/mol. The van der Waals surface area contributed by atoms with Crippen molar-refractivity contribution in [1.29, 1.82) is 0 Å². The highest BCUT2D eigenvalue weighted by atomic mass is 16.5. The first-order valence-corrected chi connectivity index (χ1v) is 8.07. The SMILES string of the molecule is COc1ncccc1-c1cnc2cc(C)c(-c3ccc(C)nc3)cn12. The van der Waals surface area contributed by atoms with Crippen molar-refractivity contribution in [1.82, 2.24) is 19.4 Å². The van der Waals surface area contributed by atoms with Crippen molar-refractivity contribution in [3.05, 3.63) is 66.4 Å². The normalized spacial score (nSPS) is 11.0. The molecule has 0 aliphatic heterocycles. The number of methoxy groups -OCH3 is 1. The van der Waals surface area contributed by atoms with Crippen LogP contribution in [0.5, 0.6) is 5.88 Å². The zero-order valence-electron chi connectivity index (χ0n) is 14.4. The number of fused-ring (bicyclic) bond motifs is 1. The molecule has 25 heavy (non-hydrogen) atoms. The average molecular weight is 330 g/mol. The summed E-state index contributed by atoms with van der Waals surface area (Å²) in [6, 6.07) is 10.1. The van der Waals surface area contributed by atoms with Crippen molar-refractivity contribution in [3.63, 3.8) is 0 Å². The molecule has 0 unspecified atom stereocenters. The maximum atomic E-state index is 5.41. The molecule has 0 aliphatic carbocycles. The van der Waals surface area contributed by atoms with Crippen molar-refractivity contribution < 1.29 is 4.74 Å². The second-order valence-electron chi connectivity index (χ2n) is 5.99. The Morgan fingerprint density at radius 3 is 2.60 bits per heavy atom. The lowest BCUT2D eigenvalue weighted by Gasteiger charge is -2.10. The third kappa shape index (κ3) is 2.63. The lowest BCUT2D eigenvalue weighted by molar-refractivity contribution is 0.399. The molecule has 4 rings (SSSR count). The lowest BCUT2D eigenvalue weighted by atomic mass is 10.0. The molecule has 0 radical (unpaired) electrons. The maximum Gasteiger partial charge on any atom is 0.222 e. The van der Waals surface area contributed by atoms with Gasteiger partial charge in [-0.3, -0.25) is 9.38 Å². The van der Waals surface area contributed by atoms with Crippen molar-refractivity contribution in [2.75, 3.05) is 7.11 Å². The van der Waals surface area contributed by atoms with Gasteiger partial charge in [0.25, 0.3) is 0 Å². The van der Waals surface area contributed by atoms with Crippen LogP contribution in [0.15, 0.2) is 55.1 Å². The number of nitrogens with zero attached hydrogens (tertiary/aromatic N) is 4. The molecule has 0 saturated carbocycles. The number of hydrogen-bond donors (Lipinski definition) is 0. The molecular formula is C20H18N4O. The summed E-state index contributed by atoms with van der Waals surface area (Å²) < 4.78 is 7.48. The van der Waals surface area contributed by atoms with Crippen LogP contribution < -0.4 is 4.74 Å². The topological polar surface area (TPSA) is 52.3 Å². The molecule has 4 aromatic rings. The second-order valence-corrected chi connectivity index (χ2v) is 5.99. The minimum absolute atomic E-state index is 0.587. The molecule has 0 atom stereocenters. The fourth-order valence-electron chi connectivity index (χ4n) is 3.00. The van der Waals surface area contributed by atoms with Crippen molar-refractivity contribution >= 4 is 5.65 Å². The van der Waals surface area contributed by atoms with E-state index in [-0.39, 0.29) is 0 Å². The number of rotatable bonds is 3. The van der Waals surface area contributed by atoms with E-state index in [0.29, 0.717) is 5.88 Å². The summed E-state index contributed by atoms with van der Waals surface area (Å²) in [5.41, 5.74) is 7.13. The summed E-state index contributed by atoms with van der Waals surface area (Å²) in [4.78, 5) is 13.3. The molecule has 0 saturated heterocycles. The van der Waals surface area contributed by atoms with Crippen LogP contribution in [0.1, 0.15) is 11.3 Å². The van der Waals surface area contributed by atoms with Crippen molar-refractivity contribution in [2.24, 2.45) is 0 Å². The molecule has 0 spiro atoms. The molecule has 0 fully saturated rings. The summed E-state index contributed by atoms with van der Waals surface area (Å²) in [7, 11) is 1.63. The van der Waals surface area contributed by atoms with E-state index in [9.17, 15) is 0 Å². The lowest BCUT2D eigenvalue weighted by Crippen LogP contribution is -1.96. The maximum absolute atomic E-state index is 5.41. The van der Waals surface area contributed by atoms with Crippen LogP contribution in [0.3, 0.4) is 0 Å². The Labute approximate surface area is 146 Å². The van der Waals surface area contributed by atoms with Crippen LogP contribution in [0, 0.1) is 13.8 Å². The molecule has 0 N–H and O–H groups in total. The Hall–Kier alpha value is -3.21. The van der Waals surface area contributed by atoms with E-state index in [0.717, 1.165) is 39.3 Å². The third-order valence-corrected chi connectivity index (χ3v) is 4.32. The predicted molar refractivity (Wildman–Crippen MR) is 97.7 cm³/mol. The third-order valence-electron chi connectivity index (χ3n) is 4.32. The first-order valence-electron chi connectivity index (χ1n) is 8.07. The number of imidazole rings is 1. The van der Waals surface area contributed by atoms with Gasteiger partial charge in [-0.25, -0.2) is 9.97 Å². The minimum Gasteiger partial charge on any atom is -0.481 e. The minimum atomic E-state index is 0.587. The highest BCUT2D eigenvalue weighted by Gasteiger charge is 2.14. The summed E-state index contributed by atoms with van der Waals surface area (Å²) >= 11 is 0. The summed E-state index contributed by atoms with van der Waals surface area (Å²) in [5, 5.41) is 0. The van der Waals surface area contributed by atoms with Gasteiger partial charge in [-0.15, -0.1) is 0 Å². The number of ether oxygens (including phenoxy) is 1. The fraction of sp³-hybridized carbons (Fsp3) is 0.150. The van der Waals surface area contributed by atoms with Gasteiger partial charge >= 0.3 is 0 Å². The Morgan fingerprint density at radius 1 is 0.960 bits per heavy atom. The van der Waals surface area contributed by atoms with E-state index >= 15 is 0 Å². The van der Waals surface area contributed by atoms with Gasteiger partial charge in [0.15, 0.2) is 0 Å². The molecule has 4 aromatic heterocycles. The molecule has 0 amide bonds. The molecule has 124 valence electrons. The van der Waals surface area contributed by atoms with Crippen LogP contribution in [-0.4, -0.2) is 26.5 Å². The molecule has 0 bridgehead atoms. The zero-order chi connectivity index (χ0) is 17.4. The Bertz CT molecular complexity index is 1050. The van der Waals surface area contributed by atoms with Gasteiger partial charge in [-0.2, -0.15) is 0 Å². The van der Waals surface area contributed by atoms with Gasteiger partial charge in [0.2, 0.25) is 5.88 Å². The van der Waals surface area contributed by atoms with Gasteiger partial charge in [0, 0.05) is 35.4 Å². The molecule has 5 heteroatoms. The Morgan fingerprint density at radius 2 is 1.84 bits per heavy atom. The summed E-state index contributed by atoms with van der Waals surface area (Å²) in [6.45, 7) is 4.08. The number of aromatic nitrogens is 4. The summed E-state index contributed by atoms with van der Waals surface area (Å²) in [5.74, 6) is 0.587. The van der Waals surface area contributed by atoms with Crippen LogP contribution in [0.2, 0.25) is 0 Å². The molecule has 4 heterocycles. The van der Waals surface area contributed by atoms with E-state index in [1.807, 2.05) is 37.5 Å². The molecule has 0 aromatic carbocycles. The Balaban J connectivity index is 1.94. The predicted octanol–water partition coefficient (Wildman–Crippen LogP) is 4.08. The van der Waals surface area contributed by atoms with E-state index in [4.69, 9.17) is 4.74 Å². The number of pyridine rings is 3. The van der Waals surface area contributed by atoms with Crippen LogP contribution in [0.25, 0.3) is 28.0 Å². The van der Waals surface area contributed by atoms with Gasteiger partial charge in [0.1, 0.15) is 5.65 Å². The standard InChI is InChI=1S/C20H18N4O/c1-13-9-19-23-11-18(16-5-4-8-21-20(16)25-3)24(19)12-17(13)15-7-6-14(2)22-10-15/h4-12H,1-3H3. The largest absolute Gasteiger partial charge is 0.481 e. The van der Waals surface area contributed by atoms with E-state index in [1.165, 1.54) is 0 Å². The van der Waals surface area contributed by atoms with Crippen LogP contribution >= 0.6 is 0 Å². The molecular weight excluding hydrogens is 312 g/mol. The average Bonchev–Trinajstić information content (AvgIpc) is 3.04. The summed E-state index contributed by atoms with van der Waals surface area (Å²) in [6.07, 6.45) is 7.58. The zero-order valence-corrected chi connectivity index (χ0v) is 14.4. The Kier molecular flexibility index (Phi) is 3.69. The van der Waals surface area contributed by atoms with E-state index in [2.05, 4.69) is 44.6 Å². The van der Waals surface area contributed by atoms with Gasteiger partial charge < -0.3 is 4.74 Å². The first-order chi connectivity index (χ1) is 12.2. The van der Waals surface area contributed by atoms with Gasteiger partial charge in [-0.05, 0) is 43.7 Å². The molecule has 5 nitrogen and oxygen atoms in total. The number of aryl methyl sites for hydroxylation is 2. The fourth-order valence-corrected chi connectivity index (χ4v) is 3.00. The van der Waals surface area contributed by atoms with Gasteiger partial charge in [0.05, 0.1) is 24.6 Å². The highest BCUT2D eigenvalue weighted by Crippen LogP contribution is 2.31. The van der Waals surface area contributed by atoms with Crippen molar-refractivity contribution in [3.8, 4) is 28.3 Å². The number of hydrogen-bond acceptors (Lipinski definition) is 4. The van der Waals surface area contributed by atoms with Crippen molar-refractivity contribution in [2.45, 2.75) is 13.8 Å². The molecule has 0 aliphatic rings. The quantitative estimate of drug-likeness (QED) is 0.568.